The van der Waals surface area contributed by atoms with Gasteiger partial charge in [-0.2, -0.15) is 10.2 Å². The van der Waals surface area contributed by atoms with E-state index in [1.165, 1.54) is 0 Å². The third-order valence-electron chi connectivity index (χ3n) is 10.2. The highest BCUT2D eigenvalue weighted by molar-refractivity contribution is 6.32. The lowest BCUT2D eigenvalue weighted by molar-refractivity contribution is -0.137. The molecule has 62 heavy (non-hydrogen) atoms. The highest BCUT2D eigenvalue weighted by Crippen LogP contribution is 2.32. The van der Waals surface area contributed by atoms with Crippen molar-refractivity contribution in [1.29, 1.82) is 0 Å². The first-order valence-electron chi connectivity index (χ1n) is 20.5. The zero-order valence-electron chi connectivity index (χ0n) is 35.1. The van der Waals surface area contributed by atoms with Gasteiger partial charge in [-0.15, -0.1) is 0 Å². The standard InChI is InChI=1S/C24H25Cl2N7O2.C19H25N3O5/c1-4-22(35)28-10-16-11-30-32(13-16)24-19(25)6-15(9-29-24)5-18(34)7-17-12-27-21-8-20(26)31-33(21)23(17)14(2)3;1-2-26-10-11-27-9-8-20-15-5-3-4-13-14(15)12-22(19(13)25)16-6-7-17(23)21-18(16)24/h6,8-9,11-14H,4-5,7,10H2,1-3H3,(H,28,35);3-5,16,20H,2,6-12H2,1H3,(H,21,23,24). The summed E-state index contributed by atoms with van der Waals surface area (Å²) < 4.78 is 14.0. The first-order valence-corrected chi connectivity index (χ1v) is 21.3. The summed E-state index contributed by atoms with van der Waals surface area (Å²) in [7, 11) is 0. The van der Waals surface area contributed by atoms with Crippen LogP contribution < -0.4 is 16.0 Å². The molecule has 19 heteroatoms. The average Bonchev–Trinajstić information content (AvgIpc) is 3.96. The van der Waals surface area contributed by atoms with Crippen molar-refractivity contribution in [2.45, 2.75) is 84.8 Å². The summed E-state index contributed by atoms with van der Waals surface area (Å²) in [5, 5.41) is 17.7. The van der Waals surface area contributed by atoms with Crippen LogP contribution in [0.1, 0.15) is 91.2 Å². The molecule has 1 aromatic carbocycles. The van der Waals surface area contributed by atoms with E-state index in [-0.39, 0.29) is 48.7 Å². The van der Waals surface area contributed by atoms with Crippen LogP contribution in [0.2, 0.25) is 10.2 Å². The van der Waals surface area contributed by atoms with Gasteiger partial charge in [0, 0.05) is 99.0 Å². The number of nitrogens with one attached hydrogen (secondary N) is 3. The topological polar surface area (TPSA) is 204 Å². The second-order valence-corrected chi connectivity index (χ2v) is 15.8. The summed E-state index contributed by atoms with van der Waals surface area (Å²) >= 11 is 12.5. The fraction of sp³-hybridized carbons (Fsp3) is 0.419. The number of halogens is 2. The molecule has 2 aliphatic heterocycles. The van der Waals surface area contributed by atoms with E-state index in [0.29, 0.717) is 91.7 Å². The van der Waals surface area contributed by atoms with Crippen LogP contribution in [-0.4, -0.2) is 103 Å². The fourth-order valence-corrected chi connectivity index (χ4v) is 7.66. The quantitative estimate of drug-likeness (QED) is 0.0783. The van der Waals surface area contributed by atoms with Crippen molar-refractivity contribution in [3.05, 3.63) is 98.8 Å². The van der Waals surface area contributed by atoms with Gasteiger partial charge in [0.15, 0.2) is 16.6 Å². The van der Waals surface area contributed by atoms with E-state index in [1.54, 1.807) is 64.0 Å². The first-order chi connectivity index (χ1) is 29.9. The Morgan fingerprint density at radius 1 is 0.984 bits per heavy atom. The Kier molecular flexibility index (Phi) is 15.8. The average molecular weight is 890 g/mol. The number of rotatable bonds is 18. The van der Waals surface area contributed by atoms with E-state index in [9.17, 15) is 24.0 Å². The minimum Gasteiger partial charge on any atom is -0.382 e. The minimum atomic E-state index is -0.600. The van der Waals surface area contributed by atoms with Crippen LogP contribution in [0.25, 0.3) is 11.5 Å². The summed E-state index contributed by atoms with van der Waals surface area (Å²) in [6, 6.07) is 8.33. The summed E-state index contributed by atoms with van der Waals surface area (Å²) in [5.41, 5.74) is 6.24. The molecule has 0 radical (unpaired) electrons. The molecule has 2 aliphatic rings. The van der Waals surface area contributed by atoms with Gasteiger partial charge in [0.05, 0.1) is 36.7 Å². The number of pyridine rings is 1. The maximum absolute atomic E-state index is 12.9. The van der Waals surface area contributed by atoms with Crippen LogP contribution in [0.4, 0.5) is 5.69 Å². The first kappa shape index (κ1) is 45.8. The molecule has 0 saturated carbocycles. The van der Waals surface area contributed by atoms with E-state index in [4.69, 9.17) is 32.7 Å². The van der Waals surface area contributed by atoms with Gasteiger partial charge in [-0.1, -0.05) is 50.0 Å². The van der Waals surface area contributed by atoms with Gasteiger partial charge in [-0.25, -0.2) is 19.2 Å². The summed E-state index contributed by atoms with van der Waals surface area (Å²) in [4.78, 5) is 70.9. The Hall–Kier alpha value is -5.75. The second-order valence-electron chi connectivity index (χ2n) is 15.0. The fourth-order valence-electron chi connectivity index (χ4n) is 7.21. The summed E-state index contributed by atoms with van der Waals surface area (Å²) in [6.45, 7) is 11.5. The molecule has 328 valence electrons. The van der Waals surface area contributed by atoms with Crippen molar-refractivity contribution >= 4 is 63.9 Å². The van der Waals surface area contributed by atoms with Crippen LogP contribution in [0.3, 0.4) is 0 Å². The molecule has 7 rings (SSSR count). The second kappa shape index (κ2) is 21.4. The number of hydrogen-bond acceptors (Lipinski definition) is 12. The number of anilines is 1. The van der Waals surface area contributed by atoms with Crippen molar-refractivity contribution in [3.63, 3.8) is 0 Å². The van der Waals surface area contributed by atoms with Crippen molar-refractivity contribution in [3.8, 4) is 5.82 Å². The Bertz CT molecular complexity index is 2430. The van der Waals surface area contributed by atoms with Crippen molar-refractivity contribution in [2.75, 3.05) is 38.3 Å². The lowest BCUT2D eigenvalue weighted by Gasteiger charge is -2.29. The lowest BCUT2D eigenvalue weighted by Crippen LogP contribution is -2.52. The van der Waals surface area contributed by atoms with E-state index >= 15 is 0 Å². The van der Waals surface area contributed by atoms with E-state index in [0.717, 1.165) is 28.1 Å². The number of nitrogens with zero attached hydrogens (tertiary/aromatic N) is 7. The van der Waals surface area contributed by atoms with Crippen LogP contribution in [0.15, 0.2) is 55.1 Å². The van der Waals surface area contributed by atoms with Gasteiger partial charge in [0.1, 0.15) is 11.8 Å². The zero-order chi connectivity index (χ0) is 44.3. The van der Waals surface area contributed by atoms with Gasteiger partial charge in [-0.05, 0) is 48.6 Å². The van der Waals surface area contributed by atoms with Crippen molar-refractivity contribution < 1.29 is 33.4 Å². The molecule has 3 N–H and O–H groups in total. The molecule has 4 aromatic heterocycles. The predicted molar refractivity (Wildman–Crippen MR) is 231 cm³/mol. The van der Waals surface area contributed by atoms with Crippen LogP contribution in [0.5, 0.6) is 0 Å². The van der Waals surface area contributed by atoms with Crippen LogP contribution >= 0.6 is 23.2 Å². The van der Waals surface area contributed by atoms with Gasteiger partial charge in [0.2, 0.25) is 17.7 Å². The van der Waals surface area contributed by atoms with E-state index in [2.05, 4.69) is 36.1 Å². The summed E-state index contributed by atoms with van der Waals surface area (Å²) in [5.74, 6) is -0.308. The Balaban J connectivity index is 0.000000214. The molecular weight excluding hydrogens is 839 g/mol. The van der Waals surface area contributed by atoms with Crippen LogP contribution in [0, 0.1) is 0 Å². The Labute approximate surface area is 368 Å². The number of fused-ring (bicyclic) bond motifs is 2. The predicted octanol–water partition coefficient (Wildman–Crippen LogP) is 5.03. The van der Waals surface area contributed by atoms with Crippen molar-refractivity contribution in [2.24, 2.45) is 0 Å². The molecule has 1 atom stereocenters. The normalized spacial score (nSPS) is 14.8. The Morgan fingerprint density at radius 2 is 1.79 bits per heavy atom. The maximum atomic E-state index is 12.9. The van der Waals surface area contributed by atoms with Gasteiger partial charge in [-0.3, -0.25) is 29.3 Å². The highest BCUT2D eigenvalue weighted by Gasteiger charge is 2.39. The van der Waals surface area contributed by atoms with Gasteiger partial charge < -0.3 is 25.0 Å². The third kappa shape index (κ3) is 11.4. The number of hydrogen-bond donors (Lipinski definition) is 3. The van der Waals surface area contributed by atoms with Gasteiger partial charge in [0.25, 0.3) is 5.91 Å². The number of ether oxygens (including phenoxy) is 2. The molecule has 1 unspecified atom stereocenters. The lowest BCUT2D eigenvalue weighted by atomic mass is 9.99. The number of benzene rings is 1. The van der Waals surface area contributed by atoms with E-state index in [1.807, 2.05) is 32.9 Å². The minimum absolute atomic E-state index is 0.00459. The zero-order valence-corrected chi connectivity index (χ0v) is 36.6. The van der Waals surface area contributed by atoms with E-state index < -0.39 is 11.9 Å². The number of piperidine rings is 1. The third-order valence-corrected chi connectivity index (χ3v) is 10.6. The molecule has 5 aromatic rings. The number of amides is 4. The number of aromatic nitrogens is 6. The monoisotopic (exact) mass is 888 g/mol. The van der Waals surface area contributed by atoms with Crippen LogP contribution in [-0.2, 0) is 54.6 Å². The molecule has 0 bridgehead atoms. The molecule has 1 saturated heterocycles. The Morgan fingerprint density at radius 3 is 2.53 bits per heavy atom. The number of ketones is 1. The molecule has 6 heterocycles. The molecular formula is C43H50Cl2N10O7. The van der Waals surface area contributed by atoms with Gasteiger partial charge >= 0.3 is 0 Å². The molecule has 0 aliphatic carbocycles. The SMILES string of the molecule is CCC(=O)NCc1cnn(-c2ncc(CC(=O)Cc3cnc4cc(Cl)nn4c3C(C)C)cc2Cl)c1.CCOCCOCCNc1cccc2c1CN(C1CCC(=O)NC1=O)C2=O. The molecule has 4 amide bonds. The molecule has 0 spiro atoms. The van der Waals surface area contributed by atoms with Crippen molar-refractivity contribution in [1.82, 2.24) is 44.9 Å². The number of carbonyl (C=O) groups is 5. The number of carbonyl (C=O) groups excluding carboxylic acids is 5. The maximum Gasteiger partial charge on any atom is 0.255 e. The smallest absolute Gasteiger partial charge is 0.255 e. The number of imide groups is 1. The molecule has 1 fully saturated rings. The number of Topliss-reactive ketones (excluding diaryl/α,β-unsaturated/α-hetero) is 1. The summed E-state index contributed by atoms with van der Waals surface area (Å²) in [6.07, 6.45) is 8.16. The largest absolute Gasteiger partial charge is 0.382 e. The molecule has 17 nitrogen and oxygen atoms in total. The highest BCUT2D eigenvalue weighted by atomic mass is 35.5.